The van der Waals surface area contributed by atoms with Crippen molar-refractivity contribution >= 4 is 12.3 Å². The van der Waals surface area contributed by atoms with E-state index in [1.165, 1.54) is 0 Å². The van der Waals surface area contributed by atoms with E-state index in [9.17, 15) is 19.8 Å². The lowest BCUT2D eigenvalue weighted by molar-refractivity contribution is -0.0805. The molecule has 6 atom stereocenters. The second-order valence-electron chi connectivity index (χ2n) is 11.0. The van der Waals surface area contributed by atoms with Gasteiger partial charge in [0.1, 0.15) is 11.2 Å². The Balaban J connectivity index is 1.35. The summed E-state index contributed by atoms with van der Waals surface area (Å²) in [4.78, 5) is 23.2. The Bertz CT molecular complexity index is 819. The van der Waals surface area contributed by atoms with Crippen LogP contribution < -0.4 is 0 Å². The third-order valence-corrected chi connectivity index (χ3v) is 9.12. The molecule has 0 aromatic rings. The van der Waals surface area contributed by atoms with Gasteiger partial charge in [0.25, 0.3) is 0 Å². The molecular weight excluding hydrogens is 432 g/mol. The normalized spacial score (nSPS) is 38.8. The molecule has 6 nitrogen and oxygen atoms in total. The fourth-order valence-electron chi connectivity index (χ4n) is 7.85. The van der Waals surface area contributed by atoms with Crippen molar-refractivity contribution < 1.29 is 29.3 Å². The van der Waals surface area contributed by atoms with Crippen LogP contribution >= 0.6 is 0 Å². The first kappa shape index (κ1) is 24.6. The summed E-state index contributed by atoms with van der Waals surface area (Å²) < 4.78 is 11.3. The lowest BCUT2D eigenvalue weighted by Crippen LogP contribution is -2.47. The number of allylic oxidation sites excluding steroid dienone is 4. The van der Waals surface area contributed by atoms with Gasteiger partial charge in [0.2, 0.25) is 0 Å². The Hall–Kier alpha value is -2.50. The molecule has 0 aliphatic heterocycles. The number of hydrogen-bond donors (Lipinski definition) is 2. The molecule has 6 heteroatoms. The molecule has 34 heavy (non-hydrogen) atoms. The standard InChI is InChI=1S/C28H38O6/c1-3-11-25-15-9-21(17-25)19-27(25,33-23(29)30)13-7-5-6-8-14-28(34-24(31)32)20-22-10-16-26(28,18-22)12-4-2/h3-4,9-10,15-16,21-22H,1-2,5-8,11-14,17-20H2,(H,29,30)(H,31,32). The second-order valence-corrected chi connectivity index (χ2v) is 11.0. The summed E-state index contributed by atoms with van der Waals surface area (Å²) in [6.07, 6.45) is 20.0. The average molecular weight is 471 g/mol. The SMILES string of the molecule is C=CCC12C=CC(C1)CC2(CCCCCCC1(OC(=O)O)CC2C=CC1(CC=C)C2)OC(=O)O. The number of carbonyl (C=O) groups is 2. The van der Waals surface area contributed by atoms with E-state index in [1.807, 2.05) is 12.2 Å². The van der Waals surface area contributed by atoms with Gasteiger partial charge in [-0.2, -0.15) is 0 Å². The van der Waals surface area contributed by atoms with Gasteiger partial charge < -0.3 is 19.7 Å². The van der Waals surface area contributed by atoms with Crippen LogP contribution in [-0.4, -0.2) is 33.7 Å². The van der Waals surface area contributed by atoms with Gasteiger partial charge in [0.15, 0.2) is 0 Å². The molecular formula is C28H38O6. The molecule has 0 saturated heterocycles. The van der Waals surface area contributed by atoms with Gasteiger partial charge in [0.05, 0.1) is 0 Å². The van der Waals surface area contributed by atoms with Crippen LogP contribution in [0.25, 0.3) is 0 Å². The quantitative estimate of drug-likeness (QED) is 0.167. The molecule has 0 aromatic carbocycles. The monoisotopic (exact) mass is 470 g/mol. The van der Waals surface area contributed by atoms with Crippen LogP contribution in [0, 0.1) is 22.7 Å². The molecule has 0 amide bonds. The van der Waals surface area contributed by atoms with Crippen molar-refractivity contribution in [3.63, 3.8) is 0 Å². The summed E-state index contributed by atoms with van der Waals surface area (Å²) >= 11 is 0. The molecule has 0 heterocycles. The number of hydrogen-bond acceptors (Lipinski definition) is 4. The zero-order valence-electron chi connectivity index (χ0n) is 20.0. The largest absolute Gasteiger partial charge is 0.506 e. The van der Waals surface area contributed by atoms with Crippen LogP contribution in [0.15, 0.2) is 49.6 Å². The Morgan fingerprint density at radius 3 is 1.50 bits per heavy atom. The highest BCUT2D eigenvalue weighted by Gasteiger charge is 2.62. The number of carboxylic acid groups (broad SMARTS) is 2. The zero-order chi connectivity index (χ0) is 24.5. The smallest absolute Gasteiger partial charge is 0.450 e. The van der Waals surface area contributed by atoms with E-state index in [2.05, 4.69) is 37.5 Å². The molecule has 2 N–H and O–H groups in total. The van der Waals surface area contributed by atoms with Gasteiger partial charge in [-0.1, -0.05) is 49.3 Å². The van der Waals surface area contributed by atoms with E-state index in [4.69, 9.17) is 9.47 Å². The first-order chi connectivity index (χ1) is 16.2. The van der Waals surface area contributed by atoms with Gasteiger partial charge in [-0.25, -0.2) is 9.59 Å². The first-order valence-electron chi connectivity index (χ1n) is 12.7. The van der Waals surface area contributed by atoms with Gasteiger partial charge in [-0.05, 0) is 76.0 Å². The maximum Gasteiger partial charge on any atom is 0.506 e. The third-order valence-electron chi connectivity index (χ3n) is 9.12. The molecule has 4 bridgehead atoms. The molecule has 2 saturated carbocycles. The third kappa shape index (κ3) is 4.09. The highest BCUT2D eigenvalue weighted by molar-refractivity contribution is 5.59. The lowest BCUT2D eigenvalue weighted by Gasteiger charge is -2.43. The highest BCUT2D eigenvalue weighted by atomic mass is 16.7. The van der Waals surface area contributed by atoms with Gasteiger partial charge in [-0.3, -0.25) is 0 Å². The summed E-state index contributed by atoms with van der Waals surface area (Å²) in [7, 11) is 0. The van der Waals surface area contributed by atoms with E-state index in [0.717, 1.165) is 64.2 Å². The van der Waals surface area contributed by atoms with Crippen molar-refractivity contribution in [1.29, 1.82) is 0 Å². The minimum atomic E-state index is -1.20. The molecule has 186 valence electrons. The number of unbranched alkanes of at least 4 members (excludes halogenated alkanes) is 3. The van der Waals surface area contributed by atoms with Gasteiger partial charge in [-0.15, -0.1) is 13.2 Å². The maximum absolute atomic E-state index is 11.6. The van der Waals surface area contributed by atoms with Crippen molar-refractivity contribution in [1.82, 2.24) is 0 Å². The van der Waals surface area contributed by atoms with Crippen LogP contribution in [-0.2, 0) is 9.47 Å². The highest BCUT2D eigenvalue weighted by Crippen LogP contribution is 2.62. The fraction of sp³-hybridized carbons (Fsp3) is 0.643. The molecule has 6 unspecified atom stereocenters. The predicted molar refractivity (Wildman–Crippen MR) is 130 cm³/mol. The maximum atomic E-state index is 11.6. The van der Waals surface area contributed by atoms with E-state index in [-0.39, 0.29) is 10.8 Å². The van der Waals surface area contributed by atoms with Crippen molar-refractivity contribution in [2.45, 2.75) is 88.3 Å². The molecule has 0 aromatic heterocycles. The molecule has 4 aliphatic carbocycles. The summed E-state index contributed by atoms with van der Waals surface area (Å²) in [5.41, 5.74) is -1.90. The van der Waals surface area contributed by atoms with Crippen LogP contribution in [0.4, 0.5) is 9.59 Å². The van der Waals surface area contributed by atoms with Crippen molar-refractivity contribution in [3.05, 3.63) is 49.6 Å². The van der Waals surface area contributed by atoms with Crippen LogP contribution in [0.2, 0.25) is 0 Å². The van der Waals surface area contributed by atoms with Crippen molar-refractivity contribution in [2.24, 2.45) is 22.7 Å². The summed E-state index contributed by atoms with van der Waals surface area (Å²) in [5.74, 6) is 0.749. The Labute approximate surface area is 202 Å². The van der Waals surface area contributed by atoms with E-state index < -0.39 is 23.5 Å². The Morgan fingerprint density at radius 2 is 1.18 bits per heavy atom. The first-order valence-corrected chi connectivity index (χ1v) is 12.7. The van der Waals surface area contributed by atoms with Crippen LogP contribution in [0.1, 0.15) is 77.0 Å². The van der Waals surface area contributed by atoms with E-state index in [1.54, 1.807) is 0 Å². The van der Waals surface area contributed by atoms with Crippen molar-refractivity contribution in [2.75, 3.05) is 0 Å². The summed E-state index contributed by atoms with van der Waals surface area (Å²) in [5, 5.41) is 19.0. The molecule has 0 spiro atoms. The summed E-state index contributed by atoms with van der Waals surface area (Å²) in [6.45, 7) is 7.80. The zero-order valence-corrected chi connectivity index (χ0v) is 20.0. The van der Waals surface area contributed by atoms with Gasteiger partial charge in [0, 0.05) is 10.8 Å². The molecule has 0 radical (unpaired) electrons. The topological polar surface area (TPSA) is 93.1 Å². The second kappa shape index (κ2) is 9.27. The number of fused-ring (bicyclic) bond motifs is 4. The Kier molecular flexibility index (Phi) is 6.71. The predicted octanol–water partition coefficient (Wildman–Crippen LogP) is 7.28. The molecule has 4 rings (SSSR count). The van der Waals surface area contributed by atoms with E-state index >= 15 is 0 Å². The Morgan fingerprint density at radius 1 is 0.765 bits per heavy atom. The van der Waals surface area contributed by atoms with E-state index in [0.29, 0.717) is 24.7 Å². The number of rotatable bonds is 13. The lowest BCUT2D eigenvalue weighted by atomic mass is 9.68. The summed E-state index contributed by atoms with van der Waals surface area (Å²) in [6, 6.07) is 0. The molecule has 2 fully saturated rings. The van der Waals surface area contributed by atoms with Gasteiger partial charge >= 0.3 is 12.3 Å². The number of ether oxygens (including phenoxy) is 2. The van der Waals surface area contributed by atoms with Crippen molar-refractivity contribution in [3.8, 4) is 0 Å². The fourth-order valence-corrected chi connectivity index (χ4v) is 7.85. The minimum Gasteiger partial charge on any atom is -0.450 e. The minimum absolute atomic E-state index is 0.274. The molecule has 4 aliphatic rings. The average Bonchev–Trinajstić information content (AvgIpc) is 3.48. The van der Waals surface area contributed by atoms with Crippen LogP contribution in [0.5, 0.6) is 0 Å². The van der Waals surface area contributed by atoms with Crippen LogP contribution in [0.3, 0.4) is 0 Å².